The molecule has 178 valence electrons. The molecule has 36 heavy (non-hydrogen) atoms. The number of anilines is 1. The molecule has 1 aliphatic rings. The SMILES string of the molecule is CNOc1ccc2ccccc2c1.COc1cccc2c1C(=O)N(c1ccc3ccccc3c1)C2=O. The van der Waals surface area contributed by atoms with Crippen molar-refractivity contribution in [3.63, 3.8) is 0 Å². The monoisotopic (exact) mass is 476 g/mol. The van der Waals surface area contributed by atoms with Crippen LogP contribution in [0.3, 0.4) is 0 Å². The highest BCUT2D eigenvalue weighted by atomic mass is 16.6. The first-order valence-electron chi connectivity index (χ1n) is 11.5. The first-order chi connectivity index (χ1) is 17.6. The minimum absolute atomic E-state index is 0.320. The fourth-order valence-corrected chi connectivity index (χ4v) is 4.32. The van der Waals surface area contributed by atoms with Crippen molar-refractivity contribution in [3.8, 4) is 11.5 Å². The first kappa shape index (κ1) is 23.1. The maximum atomic E-state index is 12.7. The number of ether oxygens (including phenoxy) is 1. The zero-order valence-corrected chi connectivity index (χ0v) is 19.9. The van der Waals surface area contributed by atoms with E-state index in [4.69, 9.17) is 9.57 Å². The van der Waals surface area contributed by atoms with Crippen LogP contribution in [0.4, 0.5) is 5.69 Å². The number of rotatable bonds is 4. The smallest absolute Gasteiger partial charge is 0.269 e. The second-order valence-corrected chi connectivity index (χ2v) is 8.18. The topological polar surface area (TPSA) is 67.9 Å². The Bertz CT molecular complexity index is 1600. The van der Waals surface area contributed by atoms with Gasteiger partial charge in [0.2, 0.25) is 0 Å². The van der Waals surface area contributed by atoms with E-state index in [-0.39, 0.29) is 11.8 Å². The molecule has 6 heteroatoms. The third-order valence-corrected chi connectivity index (χ3v) is 6.03. The quantitative estimate of drug-likeness (QED) is 0.254. The number of nitrogens with one attached hydrogen (secondary N) is 1. The molecule has 0 aromatic heterocycles. The molecule has 0 saturated carbocycles. The maximum Gasteiger partial charge on any atom is 0.269 e. The molecule has 2 amide bonds. The van der Waals surface area contributed by atoms with Gasteiger partial charge in [0, 0.05) is 7.05 Å². The van der Waals surface area contributed by atoms with Gasteiger partial charge in [-0.2, -0.15) is 5.48 Å². The van der Waals surface area contributed by atoms with Crippen molar-refractivity contribution >= 4 is 39.0 Å². The molecule has 0 atom stereocenters. The normalized spacial score (nSPS) is 12.3. The van der Waals surface area contributed by atoms with Gasteiger partial charge in [0.1, 0.15) is 11.5 Å². The van der Waals surface area contributed by atoms with Crippen molar-refractivity contribution < 1.29 is 19.2 Å². The number of nitrogens with zero attached hydrogens (tertiary/aromatic N) is 1. The Hall–Kier alpha value is -4.68. The number of hydroxylamine groups is 1. The summed E-state index contributed by atoms with van der Waals surface area (Å²) in [5.41, 5.74) is 3.92. The Morgan fingerprint density at radius 2 is 1.31 bits per heavy atom. The zero-order chi connectivity index (χ0) is 25.1. The van der Waals surface area contributed by atoms with E-state index in [2.05, 4.69) is 17.6 Å². The summed E-state index contributed by atoms with van der Waals surface area (Å²) in [6, 6.07) is 32.6. The van der Waals surface area contributed by atoms with Crippen LogP contribution in [0.15, 0.2) is 103 Å². The molecule has 1 aliphatic heterocycles. The molecule has 0 spiro atoms. The van der Waals surface area contributed by atoms with E-state index in [1.807, 2.05) is 66.7 Å². The van der Waals surface area contributed by atoms with E-state index in [1.54, 1.807) is 31.3 Å². The number of carbonyl (C=O) groups is 2. The summed E-state index contributed by atoms with van der Waals surface area (Å²) >= 11 is 0. The summed E-state index contributed by atoms with van der Waals surface area (Å²) in [4.78, 5) is 31.8. The lowest BCUT2D eigenvalue weighted by Crippen LogP contribution is -2.29. The maximum absolute atomic E-state index is 12.7. The molecule has 0 aliphatic carbocycles. The van der Waals surface area contributed by atoms with Gasteiger partial charge in [0.15, 0.2) is 0 Å². The second kappa shape index (κ2) is 9.90. The fourth-order valence-electron chi connectivity index (χ4n) is 4.32. The lowest BCUT2D eigenvalue weighted by atomic mass is 10.1. The molecule has 6 rings (SSSR count). The van der Waals surface area contributed by atoms with Crippen LogP contribution in [-0.4, -0.2) is 26.0 Å². The van der Waals surface area contributed by atoms with Gasteiger partial charge < -0.3 is 9.57 Å². The van der Waals surface area contributed by atoms with E-state index in [0.717, 1.165) is 16.5 Å². The highest BCUT2D eigenvalue weighted by Gasteiger charge is 2.39. The van der Waals surface area contributed by atoms with Crippen molar-refractivity contribution in [2.75, 3.05) is 19.1 Å². The van der Waals surface area contributed by atoms with Gasteiger partial charge in [-0.15, -0.1) is 0 Å². The predicted molar refractivity (Wildman–Crippen MR) is 142 cm³/mol. The van der Waals surface area contributed by atoms with Crippen LogP contribution < -0.4 is 20.0 Å². The highest BCUT2D eigenvalue weighted by Crippen LogP contribution is 2.34. The number of amides is 2. The van der Waals surface area contributed by atoms with Crippen molar-refractivity contribution in [3.05, 3.63) is 114 Å². The summed E-state index contributed by atoms with van der Waals surface area (Å²) in [7, 11) is 3.24. The highest BCUT2D eigenvalue weighted by molar-refractivity contribution is 6.35. The summed E-state index contributed by atoms with van der Waals surface area (Å²) < 4.78 is 5.23. The van der Waals surface area contributed by atoms with Gasteiger partial charge in [0.25, 0.3) is 11.8 Å². The van der Waals surface area contributed by atoms with Gasteiger partial charge in [0.05, 0.1) is 23.9 Å². The Morgan fingerprint density at radius 1 is 0.667 bits per heavy atom. The number of benzene rings is 5. The molecular formula is C30H24N2O4. The van der Waals surface area contributed by atoms with Gasteiger partial charge in [-0.05, 0) is 57.9 Å². The number of carbonyl (C=O) groups excluding carboxylic acids is 2. The van der Waals surface area contributed by atoms with E-state index < -0.39 is 0 Å². The van der Waals surface area contributed by atoms with Gasteiger partial charge in [-0.25, -0.2) is 4.90 Å². The molecule has 6 nitrogen and oxygen atoms in total. The molecular weight excluding hydrogens is 452 g/mol. The molecule has 0 radical (unpaired) electrons. The van der Waals surface area contributed by atoms with Crippen molar-refractivity contribution in [1.82, 2.24) is 5.48 Å². The fraction of sp³-hybridized carbons (Fsp3) is 0.0667. The summed E-state index contributed by atoms with van der Waals surface area (Å²) in [5.74, 6) is 0.585. The number of fused-ring (bicyclic) bond motifs is 3. The van der Waals surface area contributed by atoms with Gasteiger partial charge in [-0.3, -0.25) is 9.59 Å². The van der Waals surface area contributed by atoms with Crippen molar-refractivity contribution in [1.29, 1.82) is 0 Å². The third kappa shape index (κ3) is 4.26. The van der Waals surface area contributed by atoms with Crippen molar-refractivity contribution in [2.45, 2.75) is 0 Å². The molecule has 0 bridgehead atoms. The molecule has 5 aromatic carbocycles. The Morgan fingerprint density at radius 3 is 1.97 bits per heavy atom. The third-order valence-electron chi connectivity index (χ3n) is 6.03. The van der Waals surface area contributed by atoms with Crippen LogP contribution in [-0.2, 0) is 0 Å². The van der Waals surface area contributed by atoms with Crippen molar-refractivity contribution in [2.24, 2.45) is 0 Å². The van der Waals surface area contributed by atoms with E-state index in [0.29, 0.717) is 22.6 Å². The van der Waals surface area contributed by atoms with Gasteiger partial charge in [-0.1, -0.05) is 66.7 Å². The largest absolute Gasteiger partial charge is 0.496 e. The molecule has 1 heterocycles. The Kier molecular flexibility index (Phi) is 6.34. The lowest BCUT2D eigenvalue weighted by Gasteiger charge is -2.14. The van der Waals surface area contributed by atoms with Gasteiger partial charge >= 0.3 is 0 Å². The average molecular weight is 477 g/mol. The first-order valence-corrected chi connectivity index (χ1v) is 11.5. The number of hydrogen-bond acceptors (Lipinski definition) is 5. The van der Waals surface area contributed by atoms with Crippen LogP contribution in [0, 0.1) is 0 Å². The zero-order valence-electron chi connectivity index (χ0n) is 19.9. The number of hydrogen-bond donors (Lipinski definition) is 1. The predicted octanol–water partition coefficient (Wildman–Crippen LogP) is 6.00. The molecule has 0 saturated heterocycles. The summed E-state index contributed by atoms with van der Waals surface area (Å²) in [6.45, 7) is 0. The summed E-state index contributed by atoms with van der Waals surface area (Å²) in [6.07, 6.45) is 0. The number of imide groups is 1. The minimum Gasteiger partial charge on any atom is -0.496 e. The lowest BCUT2D eigenvalue weighted by molar-refractivity contribution is 0.0925. The van der Waals surface area contributed by atoms with E-state index in [9.17, 15) is 9.59 Å². The van der Waals surface area contributed by atoms with E-state index in [1.165, 1.54) is 22.8 Å². The molecule has 0 fully saturated rings. The average Bonchev–Trinajstić information content (AvgIpc) is 3.18. The number of methoxy groups -OCH3 is 1. The van der Waals surface area contributed by atoms with Crippen LogP contribution in [0.2, 0.25) is 0 Å². The molecule has 0 unspecified atom stereocenters. The Balaban J connectivity index is 0.000000174. The molecule has 5 aromatic rings. The van der Waals surface area contributed by atoms with Crippen LogP contribution in [0.1, 0.15) is 20.7 Å². The van der Waals surface area contributed by atoms with E-state index >= 15 is 0 Å². The second-order valence-electron chi connectivity index (χ2n) is 8.18. The Labute approximate surface area is 208 Å². The van der Waals surface area contributed by atoms with Crippen LogP contribution in [0.5, 0.6) is 11.5 Å². The molecule has 1 N–H and O–H groups in total. The minimum atomic E-state index is -0.349. The van der Waals surface area contributed by atoms with Crippen LogP contribution in [0.25, 0.3) is 21.5 Å². The summed E-state index contributed by atoms with van der Waals surface area (Å²) in [5, 5.41) is 4.46. The standard InChI is InChI=1S/C19H13NO3.C11H11NO/c1-23-16-8-4-7-15-17(16)19(22)20(18(15)21)14-10-9-12-5-2-3-6-13(12)11-14;1-12-13-11-7-6-9-4-2-3-5-10(9)8-11/h2-11H,1H3;2-8,12H,1H3. The van der Waals surface area contributed by atoms with Crippen LogP contribution >= 0.6 is 0 Å².